The maximum atomic E-state index is 10.5. The monoisotopic (exact) mass is 180 g/mol. The number of ether oxygens (including phenoxy) is 1. The molecule has 3 heteroatoms. The first-order valence-corrected chi connectivity index (χ1v) is 3.35. The van der Waals surface area contributed by atoms with Crippen molar-refractivity contribution in [2.75, 3.05) is 7.11 Å². The molecule has 0 saturated heterocycles. The Kier molecular flexibility index (Phi) is 3.87. The number of rotatable bonds is 2. The lowest BCUT2D eigenvalue weighted by Gasteiger charge is -2.00. The van der Waals surface area contributed by atoms with Gasteiger partial charge in [-0.1, -0.05) is 22.9 Å². The van der Waals surface area contributed by atoms with Crippen LogP contribution in [0.3, 0.4) is 0 Å². The number of carbonyl (C=O) groups excluding carboxylic acids is 1. The standard InChI is InChI=1S/C5H9BrO2/c1-3-4(6)5(7)8-2/h4H,3H2,1-2H3/t4-/m1/s1. The minimum Gasteiger partial charge on any atom is -0.468 e. The highest BCUT2D eigenvalue weighted by molar-refractivity contribution is 9.10. The molecule has 8 heavy (non-hydrogen) atoms. The maximum Gasteiger partial charge on any atom is 0.319 e. The molecule has 0 aromatic carbocycles. The molecule has 0 aliphatic rings. The number of hydrogen-bond acceptors (Lipinski definition) is 2. The van der Waals surface area contributed by atoms with E-state index in [1.807, 2.05) is 6.92 Å². The van der Waals surface area contributed by atoms with Gasteiger partial charge in [-0.3, -0.25) is 4.79 Å². The van der Waals surface area contributed by atoms with Gasteiger partial charge in [0.1, 0.15) is 4.83 Å². The molecule has 0 spiro atoms. The molecule has 2 nitrogen and oxygen atoms in total. The number of hydrogen-bond donors (Lipinski definition) is 0. The van der Waals surface area contributed by atoms with Gasteiger partial charge < -0.3 is 4.74 Å². The summed E-state index contributed by atoms with van der Waals surface area (Å²) >= 11 is 3.13. The third kappa shape index (κ3) is 2.31. The fraction of sp³-hybridized carbons (Fsp3) is 0.800. The van der Waals surface area contributed by atoms with Crippen LogP contribution in [0.1, 0.15) is 13.3 Å². The first-order chi connectivity index (χ1) is 3.72. The maximum absolute atomic E-state index is 10.5. The average molecular weight is 181 g/mol. The number of methoxy groups -OCH3 is 1. The topological polar surface area (TPSA) is 26.3 Å². The summed E-state index contributed by atoms with van der Waals surface area (Å²) in [6.45, 7) is 1.91. The van der Waals surface area contributed by atoms with Crippen molar-refractivity contribution in [3.8, 4) is 0 Å². The van der Waals surface area contributed by atoms with Gasteiger partial charge in [0.25, 0.3) is 0 Å². The Labute approximate surface area is 57.3 Å². The normalized spacial score (nSPS) is 12.9. The first-order valence-electron chi connectivity index (χ1n) is 2.44. The molecule has 0 saturated carbocycles. The van der Waals surface area contributed by atoms with Gasteiger partial charge in [-0.05, 0) is 6.42 Å². The van der Waals surface area contributed by atoms with Crippen LogP contribution in [0.4, 0.5) is 0 Å². The third-order valence-corrected chi connectivity index (χ3v) is 1.84. The van der Waals surface area contributed by atoms with Gasteiger partial charge in [0.15, 0.2) is 0 Å². The molecule has 0 unspecified atom stereocenters. The van der Waals surface area contributed by atoms with Gasteiger partial charge in [-0.15, -0.1) is 0 Å². The summed E-state index contributed by atoms with van der Waals surface area (Å²) in [5, 5.41) is 0. The number of halogens is 1. The lowest BCUT2D eigenvalue weighted by atomic mass is 10.3. The van der Waals surface area contributed by atoms with Gasteiger partial charge in [-0.2, -0.15) is 0 Å². The summed E-state index contributed by atoms with van der Waals surface area (Å²) in [5.41, 5.74) is 0. The second-order valence-corrected chi connectivity index (χ2v) is 2.50. The number of esters is 1. The quantitative estimate of drug-likeness (QED) is 0.474. The molecular formula is C5H9BrO2. The molecule has 0 aromatic rings. The molecule has 0 aliphatic heterocycles. The zero-order valence-corrected chi connectivity index (χ0v) is 6.56. The Morgan fingerprint density at radius 3 is 2.50 bits per heavy atom. The van der Waals surface area contributed by atoms with E-state index in [9.17, 15) is 4.79 Å². The van der Waals surface area contributed by atoms with Crippen LogP contribution in [0, 0.1) is 0 Å². The Bertz CT molecular complexity index is 82.5. The minimum atomic E-state index is -0.201. The van der Waals surface area contributed by atoms with Gasteiger partial charge in [0.05, 0.1) is 7.11 Å². The molecule has 0 heterocycles. The highest BCUT2D eigenvalue weighted by atomic mass is 79.9. The van der Waals surface area contributed by atoms with Crippen molar-refractivity contribution < 1.29 is 9.53 Å². The van der Waals surface area contributed by atoms with Crippen LogP contribution in [0.2, 0.25) is 0 Å². The fourth-order valence-corrected chi connectivity index (χ4v) is 0.481. The van der Waals surface area contributed by atoms with Gasteiger partial charge in [0, 0.05) is 0 Å². The van der Waals surface area contributed by atoms with Crippen molar-refractivity contribution in [2.45, 2.75) is 18.2 Å². The largest absolute Gasteiger partial charge is 0.468 e. The molecule has 0 aromatic heterocycles. The molecule has 0 N–H and O–H groups in total. The molecule has 0 aliphatic carbocycles. The van der Waals surface area contributed by atoms with Gasteiger partial charge in [-0.25, -0.2) is 0 Å². The van der Waals surface area contributed by atoms with Crippen molar-refractivity contribution in [1.82, 2.24) is 0 Å². The molecule has 0 rings (SSSR count). The summed E-state index contributed by atoms with van der Waals surface area (Å²) in [5.74, 6) is -0.201. The average Bonchev–Trinajstić information content (AvgIpc) is 1.84. The van der Waals surface area contributed by atoms with Crippen LogP contribution in [0.25, 0.3) is 0 Å². The van der Waals surface area contributed by atoms with E-state index in [1.165, 1.54) is 7.11 Å². The Morgan fingerprint density at radius 2 is 2.38 bits per heavy atom. The zero-order valence-electron chi connectivity index (χ0n) is 4.98. The smallest absolute Gasteiger partial charge is 0.319 e. The van der Waals surface area contributed by atoms with E-state index in [-0.39, 0.29) is 10.8 Å². The van der Waals surface area contributed by atoms with Gasteiger partial charge in [0.2, 0.25) is 0 Å². The Morgan fingerprint density at radius 1 is 1.88 bits per heavy atom. The predicted molar refractivity (Wildman–Crippen MR) is 35.0 cm³/mol. The van der Waals surface area contributed by atoms with Crippen molar-refractivity contribution in [1.29, 1.82) is 0 Å². The van der Waals surface area contributed by atoms with E-state index in [4.69, 9.17) is 0 Å². The van der Waals surface area contributed by atoms with Crippen LogP contribution in [0.15, 0.2) is 0 Å². The van der Waals surface area contributed by atoms with Gasteiger partial charge >= 0.3 is 5.97 Å². The van der Waals surface area contributed by atoms with Crippen molar-refractivity contribution in [3.63, 3.8) is 0 Å². The lowest BCUT2D eigenvalue weighted by Crippen LogP contribution is -2.13. The highest BCUT2D eigenvalue weighted by Gasteiger charge is 2.10. The van der Waals surface area contributed by atoms with E-state index >= 15 is 0 Å². The fourth-order valence-electron chi connectivity index (χ4n) is 0.295. The van der Waals surface area contributed by atoms with Crippen LogP contribution < -0.4 is 0 Å². The molecular weight excluding hydrogens is 172 g/mol. The van der Waals surface area contributed by atoms with E-state index in [2.05, 4.69) is 20.7 Å². The first kappa shape index (κ1) is 7.95. The Balaban J connectivity index is 3.46. The van der Waals surface area contributed by atoms with Crippen molar-refractivity contribution in [3.05, 3.63) is 0 Å². The molecule has 0 radical (unpaired) electrons. The van der Waals surface area contributed by atoms with E-state index in [0.29, 0.717) is 0 Å². The number of alkyl halides is 1. The van der Waals surface area contributed by atoms with Crippen LogP contribution in [-0.2, 0) is 9.53 Å². The van der Waals surface area contributed by atoms with Crippen LogP contribution in [-0.4, -0.2) is 17.9 Å². The lowest BCUT2D eigenvalue weighted by molar-refractivity contribution is -0.139. The SMILES string of the molecule is CC[C@@H](Br)C(=O)OC. The molecule has 0 fully saturated rings. The van der Waals surface area contributed by atoms with Crippen LogP contribution >= 0.6 is 15.9 Å². The minimum absolute atomic E-state index is 0.132. The second-order valence-electron chi connectivity index (χ2n) is 1.40. The van der Waals surface area contributed by atoms with Crippen LogP contribution in [0.5, 0.6) is 0 Å². The summed E-state index contributed by atoms with van der Waals surface area (Å²) in [6, 6.07) is 0. The van der Waals surface area contributed by atoms with E-state index in [0.717, 1.165) is 6.42 Å². The molecule has 1 atom stereocenters. The zero-order chi connectivity index (χ0) is 6.57. The second kappa shape index (κ2) is 3.89. The summed E-state index contributed by atoms with van der Waals surface area (Å²) < 4.78 is 4.42. The molecule has 48 valence electrons. The summed E-state index contributed by atoms with van der Waals surface area (Å²) in [4.78, 5) is 10.3. The number of carbonyl (C=O) groups is 1. The van der Waals surface area contributed by atoms with Crippen molar-refractivity contribution >= 4 is 21.9 Å². The third-order valence-electron chi connectivity index (χ3n) is 0.815. The summed E-state index contributed by atoms with van der Waals surface area (Å²) in [7, 11) is 1.38. The summed E-state index contributed by atoms with van der Waals surface area (Å²) in [6.07, 6.45) is 0.771. The Hall–Kier alpha value is -0.0500. The van der Waals surface area contributed by atoms with E-state index < -0.39 is 0 Å². The van der Waals surface area contributed by atoms with Crippen molar-refractivity contribution in [2.24, 2.45) is 0 Å². The molecule has 0 amide bonds. The highest BCUT2D eigenvalue weighted by Crippen LogP contribution is 2.04. The predicted octanol–water partition coefficient (Wildman–Crippen LogP) is 1.33. The molecule has 0 bridgehead atoms. The van der Waals surface area contributed by atoms with E-state index in [1.54, 1.807) is 0 Å².